The zero-order valence-electron chi connectivity index (χ0n) is 14.7. The molecule has 1 atom stereocenters. The summed E-state index contributed by atoms with van der Waals surface area (Å²) in [6, 6.07) is 5.77. The molecule has 24 heavy (non-hydrogen) atoms. The standard InChI is InChI=1S/C17H28N2O4S/c1-14-6-5-11-19(13-14)24(20,21)18-10-4-7-15-8-9-16(22-2)17(12-15)23-3/h8-9,12,14,18H,4-7,10-11,13H2,1-3H3. The molecular weight excluding hydrogens is 328 g/mol. The molecule has 1 aromatic carbocycles. The molecule has 0 amide bonds. The van der Waals surface area contributed by atoms with E-state index >= 15 is 0 Å². The average Bonchev–Trinajstić information content (AvgIpc) is 2.58. The van der Waals surface area contributed by atoms with Crippen LogP contribution >= 0.6 is 0 Å². The lowest BCUT2D eigenvalue weighted by molar-refractivity contribution is 0.278. The largest absolute Gasteiger partial charge is 0.493 e. The molecule has 0 bridgehead atoms. The molecule has 1 heterocycles. The zero-order valence-corrected chi connectivity index (χ0v) is 15.6. The topological polar surface area (TPSA) is 67.9 Å². The molecule has 1 saturated heterocycles. The minimum Gasteiger partial charge on any atom is -0.493 e. The van der Waals surface area contributed by atoms with Gasteiger partial charge in [-0.2, -0.15) is 12.7 Å². The van der Waals surface area contributed by atoms with Crippen molar-refractivity contribution >= 4 is 10.2 Å². The Labute approximate surface area is 145 Å². The van der Waals surface area contributed by atoms with Gasteiger partial charge in [0.25, 0.3) is 10.2 Å². The molecule has 1 unspecified atom stereocenters. The highest BCUT2D eigenvalue weighted by Gasteiger charge is 2.26. The Kier molecular flexibility index (Phi) is 6.89. The van der Waals surface area contributed by atoms with Crippen molar-refractivity contribution in [1.82, 2.24) is 9.03 Å². The molecule has 136 valence electrons. The minimum absolute atomic E-state index is 0.432. The van der Waals surface area contributed by atoms with E-state index in [2.05, 4.69) is 11.6 Å². The van der Waals surface area contributed by atoms with Gasteiger partial charge in [-0.3, -0.25) is 0 Å². The van der Waals surface area contributed by atoms with Crippen LogP contribution in [0.1, 0.15) is 31.7 Å². The summed E-state index contributed by atoms with van der Waals surface area (Å²) in [5, 5.41) is 0. The summed E-state index contributed by atoms with van der Waals surface area (Å²) in [5.74, 6) is 1.82. The van der Waals surface area contributed by atoms with Gasteiger partial charge >= 0.3 is 0 Å². The van der Waals surface area contributed by atoms with Crippen LogP contribution in [0.4, 0.5) is 0 Å². The summed E-state index contributed by atoms with van der Waals surface area (Å²) < 4.78 is 39.4. The van der Waals surface area contributed by atoms with E-state index in [1.165, 1.54) is 0 Å². The van der Waals surface area contributed by atoms with Gasteiger partial charge in [-0.15, -0.1) is 0 Å². The number of hydrogen-bond acceptors (Lipinski definition) is 4. The first-order valence-corrected chi connectivity index (χ1v) is 9.86. The quantitative estimate of drug-likeness (QED) is 0.725. The highest BCUT2D eigenvalue weighted by Crippen LogP contribution is 2.27. The third-order valence-corrected chi connectivity index (χ3v) is 5.91. The second-order valence-electron chi connectivity index (χ2n) is 6.30. The van der Waals surface area contributed by atoms with Gasteiger partial charge in [-0.05, 0) is 49.3 Å². The Bertz CT molecular complexity index is 633. The molecule has 2 rings (SSSR count). The average molecular weight is 356 g/mol. The summed E-state index contributed by atoms with van der Waals surface area (Å²) >= 11 is 0. The summed E-state index contributed by atoms with van der Waals surface area (Å²) in [4.78, 5) is 0. The maximum absolute atomic E-state index is 12.3. The van der Waals surface area contributed by atoms with E-state index in [4.69, 9.17) is 9.47 Å². The molecule has 1 aliphatic heterocycles. The molecule has 6 nitrogen and oxygen atoms in total. The number of methoxy groups -OCH3 is 2. The van der Waals surface area contributed by atoms with Crippen LogP contribution in [0.3, 0.4) is 0 Å². The monoisotopic (exact) mass is 356 g/mol. The van der Waals surface area contributed by atoms with Gasteiger partial charge in [0, 0.05) is 19.6 Å². The number of nitrogens with zero attached hydrogens (tertiary/aromatic N) is 1. The van der Waals surface area contributed by atoms with Gasteiger partial charge in [-0.25, -0.2) is 4.72 Å². The van der Waals surface area contributed by atoms with Gasteiger partial charge in [0.15, 0.2) is 11.5 Å². The van der Waals surface area contributed by atoms with Crippen molar-refractivity contribution in [3.05, 3.63) is 23.8 Å². The first-order valence-electron chi connectivity index (χ1n) is 8.42. The lowest BCUT2D eigenvalue weighted by Gasteiger charge is -2.29. The van der Waals surface area contributed by atoms with E-state index in [1.807, 2.05) is 18.2 Å². The summed E-state index contributed by atoms with van der Waals surface area (Å²) in [6.07, 6.45) is 3.55. The van der Waals surface area contributed by atoms with Crippen molar-refractivity contribution in [1.29, 1.82) is 0 Å². The Balaban J connectivity index is 1.82. The molecule has 1 N–H and O–H groups in total. The molecule has 7 heteroatoms. The SMILES string of the molecule is COc1ccc(CCCNS(=O)(=O)N2CCCC(C)C2)cc1OC. The van der Waals surface area contributed by atoms with E-state index in [0.717, 1.165) is 31.2 Å². The van der Waals surface area contributed by atoms with Crippen LogP contribution in [-0.4, -0.2) is 46.6 Å². The maximum atomic E-state index is 12.3. The van der Waals surface area contributed by atoms with E-state index in [-0.39, 0.29) is 0 Å². The lowest BCUT2D eigenvalue weighted by Crippen LogP contribution is -2.45. The molecule has 0 radical (unpaired) electrons. The molecule has 1 fully saturated rings. The Hall–Kier alpha value is -1.31. The summed E-state index contributed by atoms with van der Waals surface area (Å²) in [6.45, 7) is 3.76. The van der Waals surface area contributed by atoms with E-state index in [9.17, 15) is 8.42 Å². The van der Waals surface area contributed by atoms with Crippen LogP contribution in [0, 0.1) is 5.92 Å². The van der Waals surface area contributed by atoms with Gasteiger partial charge in [0.05, 0.1) is 14.2 Å². The van der Waals surface area contributed by atoms with E-state index < -0.39 is 10.2 Å². The van der Waals surface area contributed by atoms with Crippen LogP contribution in [0.25, 0.3) is 0 Å². The highest BCUT2D eigenvalue weighted by atomic mass is 32.2. The summed E-state index contributed by atoms with van der Waals surface area (Å²) in [7, 11) is -0.144. The molecule has 0 saturated carbocycles. The number of benzene rings is 1. The minimum atomic E-state index is -3.36. The van der Waals surface area contributed by atoms with Crippen molar-refractivity contribution in [2.45, 2.75) is 32.6 Å². The molecule has 1 aromatic rings. The van der Waals surface area contributed by atoms with Crippen LogP contribution in [-0.2, 0) is 16.6 Å². The van der Waals surface area contributed by atoms with Crippen LogP contribution < -0.4 is 14.2 Å². The number of aryl methyl sites for hydroxylation is 1. The van der Waals surface area contributed by atoms with Crippen molar-refractivity contribution in [2.75, 3.05) is 33.9 Å². The second-order valence-corrected chi connectivity index (χ2v) is 8.05. The number of piperidine rings is 1. The fourth-order valence-electron chi connectivity index (χ4n) is 2.99. The molecule has 0 spiro atoms. The van der Waals surface area contributed by atoms with Gasteiger partial charge in [0.2, 0.25) is 0 Å². The Morgan fingerprint density at radius 2 is 2.00 bits per heavy atom. The highest BCUT2D eigenvalue weighted by molar-refractivity contribution is 7.87. The Morgan fingerprint density at radius 1 is 1.25 bits per heavy atom. The van der Waals surface area contributed by atoms with Crippen LogP contribution in [0.5, 0.6) is 11.5 Å². The fraction of sp³-hybridized carbons (Fsp3) is 0.647. The zero-order chi connectivity index (χ0) is 17.6. The first-order chi connectivity index (χ1) is 11.5. The third kappa shape index (κ3) is 5.09. The Morgan fingerprint density at radius 3 is 2.67 bits per heavy atom. The van der Waals surface area contributed by atoms with Crippen molar-refractivity contribution in [2.24, 2.45) is 5.92 Å². The van der Waals surface area contributed by atoms with Crippen molar-refractivity contribution in [3.63, 3.8) is 0 Å². The maximum Gasteiger partial charge on any atom is 0.279 e. The normalized spacial score (nSPS) is 19.2. The second kappa shape index (κ2) is 8.69. The van der Waals surface area contributed by atoms with Gasteiger partial charge in [0.1, 0.15) is 0 Å². The smallest absolute Gasteiger partial charge is 0.279 e. The first kappa shape index (κ1) is 19.0. The van der Waals surface area contributed by atoms with E-state index in [1.54, 1.807) is 18.5 Å². The fourth-order valence-corrected chi connectivity index (χ4v) is 4.39. The van der Waals surface area contributed by atoms with Crippen LogP contribution in [0.2, 0.25) is 0 Å². The third-order valence-electron chi connectivity index (χ3n) is 4.33. The summed E-state index contributed by atoms with van der Waals surface area (Å²) in [5.41, 5.74) is 1.10. The van der Waals surface area contributed by atoms with Gasteiger partial charge in [-0.1, -0.05) is 13.0 Å². The lowest BCUT2D eigenvalue weighted by atomic mass is 10.0. The van der Waals surface area contributed by atoms with E-state index in [0.29, 0.717) is 37.1 Å². The number of rotatable bonds is 8. The number of hydrogen-bond donors (Lipinski definition) is 1. The van der Waals surface area contributed by atoms with Crippen molar-refractivity contribution < 1.29 is 17.9 Å². The van der Waals surface area contributed by atoms with Crippen LogP contribution in [0.15, 0.2) is 18.2 Å². The predicted molar refractivity (Wildman–Crippen MR) is 94.8 cm³/mol. The molecule has 1 aliphatic rings. The number of ether oxygens (including phenoxy) is 2. The van der Waals surface area contributed by atoms with Gasteiger partial charge < -0.3 is 9.47 Å². The molecule has 0 aliphatic carbocycles. The number of nitrogens with one attached hydrogen (secondary N) is 1. The van der Waals surface area contributed by atoms with Crippen molar-refractivity contribution in [3.8, 4) is 11.5 Å². The molecule has 0 aromatic heterocycles. The predicted octanol–water partition coefficient (Wildman–Crippen LogP) is 2.20. The molecular formula is C17H28N2O4S.